The second-order valence-electron chi connectivity index (χ2n) is 4.93. The smallest absolute Gasteiger partial charge is 0.433 e. The molecule has 26 heavy (non-hydrogen) atoms. The number of aromatic nitrogens is 1. The first-order chi connectivity index (χ1) is 12.0. The summed E-state index contributed by atoms with van der Waals surface area (Å²) in [5.41, 5.74) is -1.60. The van der Waals surface area contributed by atoms with Gasteiger partial charge < -0.3 is 10.1 Å². The van der Waals surface area contributed by atoms with E-state index in [4.69, 9.17) is 11.6 Å². The van der Waals surface area contributed by atoms with Gasteiger partial charge in [-0.15, -0.1) is 0 Å². The van der Waals surface area contributed by atoms with Gasteiger partial charge >= 0.3 is 12.4 Å². The van der Waals surface area contributed by atoms with Gasteiger partial charge in [-0.2, -0.15) is 26.3 Å². The molecule has 1 aromatic carbocycles. The molecule has 140 valence electrons. The van der Waals surface area contributed by atoms with E-state index < -0.39 is 30.6 Å². The van der Waals surface area contributed by atoms with Gasteiger partial charge in [0, 0.05) is 11.2 Å². The number of halogens is 7. The molecule has 1 aromatic heterocycles. The fraction of sp³-hybridized carbons (Fsp3) is 0.200. The molecule has 0 spiro atoms. The van der Waals surface area contributed by atoms with Crippen LogP contribution >= 0.6 is 11.6 Å². The van der Waals surface area contributed by atoms with Crippen LogP contribution in [0.15, 0.2) is 36.5 Å². The first-order valence-electron chi connectivity index (χ1n) is 6.79. The number of rotatable bonds is 4. The fourth-order valence-corrected chi connectivity index (χ4v) is 1.95. The molecule has 0 aliphatic carbocycles. The van der Waals surface area contributed by atoms with E-state index in [0.29, 0.717) is 12.3 Å². The zero-order valence-corrected chi connectivity index (χ0v) is 13.3. The van der Waals surface area contributed by atoms with Crippen molar-refractivity contribution in [2.24, 2.45) is 0 Å². The van der Waals surface area contributed by atoms with E-state index in [1.165, 1.54) is 6.07 Å². The number of carbonyl (C=O) groups excluding carboxylic acids is 1. The zero-order valence-electron chi connectivity index (χ0n) is 12.6. The van der Waals surface area contributed by atoms with Crippen LogP contribution in [0.1, 0.15) is 16.1 Å². The second-order valence-corrected chi connectivity index (χ2v) is 5.36. The van der Waals surface area contributed by atoms with Crippen LogP contribution in [0.4, 0.5) is 32.0 Å². The molecule has 1 N–H and O–H groups in total. The van der Waals surface area contributed by atoms with Gasteiger partial charge in [0.15, 0.2) is 6.61 Å². The van der Waals surface area contributed by atoms with Crippen molar-refractivity contribution < 1.29 is 35.9 Å². The standard InChI is InChI=1S/C15H9ClF6N2O2/c16-9-2-3-11(26-7-14(17,18)19)10(5-9)24-13(25)8-1-4-12(23-6-8)15(20,21)22/h1-6H,7H2,(H,24,25). The molecule has 0 aliphatic rings. The first kappa shape index (κ1) is 19.8. The first-order valence-corrected chi connectivity index (χ1v) is 7.17. The summed E-state index contributed by atoms with van der Waals surface area (Å²) in [6, 6.07) is 5.00. The van der Waals surface area contributed by atoms with Crippen molar-refractivity contribution in [1.82, 2.24) is 4.98 Å². The van der Waals surface area contributed by atoms with Crippen LogP contribution in [0.25, 0.3) is 0 Å². The third-order valence-electron chi connectivity index (χ3n) is 2.90. The molecule has 0 saturated carbocycles. The van der Waals surface area contributed by atoms with Crippen LogP contribution < -0.4 is 10.1 Å². The van der Waals surface area contributed by atoms with Gasteiger partial charge in [0.25, 0.3) is 5.91 Å². The van der Waals surface area contributed by atoms with Crippen LogP contribution in [-0.2, 0) is 6.18 Å². The van der Waals surface area contributed by atoms with Crippen molar-refractivity contribution in [3.05, 3.63) is 52.8 Å². The van der Waals surface area contributed by atoms with Crippen LogP contribution in [0, 0.1) is 0 Å². The zero-order chi connectivity index (χ0) is 19.5. The van der Waals surface area contributed by atoms with Gasteiger partial charge in [-0.05, 0) is 30.3 Å². The van der Waals surface area contributed by atoms with Gasteiger partial charge in [0.1, 0.15) is 11.4 Å². The Morgan fingerprint density at radius 1 is 1.12 bits per heavy atom. The number of hydrogen-bond acceptors (Lipinski definition) is 3. The van der Waals surface area contributed by atoms with Crippen molar-refractivity contribution in [3.63, 3.8) is 0 Å². The minimum atomic E-state index is -4.67. The maximum Gasteiger partial charge on any atom is 0.433 e. The van der Waals surface area contributed by atoms with E-state index in [-0.39, 0.29) is 22.0 Å². The number of anilines is 1. The highest BCUT2D eigenvalue weighted by atomic mass is 35.5. The molecule has 0 bridgehead atoms. The number of ether oxygens (including phenoxy) is 1. The summed E-state index contributed by atoms with van der Waals surface area (Å²) in [4.78, 5) is 15.2. The highest BCUT2D eigenvalue weighted by Gasteiger charge is 2.32. The number of benzene rings is 1. The molecule has 0 unspecified atom stereocenters. The number of carbonyl (C=O) groups is 1. The third kappa shape index (κ3) is 5.51. The number of nitrogens with one attached hydrogen (secondary N) is 1. The SMILES string of the molecule is O=C(Nc1cc(Cl)ccc1OCC(F)(F)F)c1ccc(C(F)(F)F)nc1. The summed E-state index contributed by atoms with van der Waals surface area (Å²) in [6.45, 7) is -1.60. The molecule has 0 radical (unpaired) electrons. The Morgan fingerprint density at radius 3 is 2.35 bits per heavy atom. The van der Waals surface area contributed by atoms with Gasteiger partial charge in [-0.1, -0.05) is 11.6 Å². The molecule has 1 amide bonds. The average molecular weight is 399 g/mol. The van der Waals surface area contributed by atoms with E-state index in [9.17, 15) is 31.1 Å². The summed E-state index contributed by atoms with van der Waals surface area (Å²) in [5.74, 6) is -1.20. The van der Waals surface area contributed by atoms with E-state index >= 15 is 0 Å². The predicted octanol–water partition coefficient (Wildman–Crippen LogP) is 4.95. The fourth-order valence-electron chi connectivity index (χ4n) is 1.78. The lowest BCUT2D eigenvalue weighted by atomic mass is 10.2. The van der Waals surface area contributed by atoms with Gasteiger partial charge in [0.05, 0.1) is 11.3 Å². The lowest BCUT2D eigenvalue weighted by Gasteiger charge is -2.14. The molecule has 11 heteroatoms. The molecule has 2 rings (SSSR count). The number of pyridine rings is 1. The quantitative estimate of drug-likeness (QED) is 0.742. The van der Waals surface area contributed by atoms with E-state index in [1.54, 1.807) is 0 Å². The number of nitrogens with zero attached hydrogens (tertiary/aromatic N) is 1. The van der Waals surface area contributed by atoms with Gasteiger partial charge in [-0.25, -0.2) is 0 Å². The van der Waals surface area contributed by atoms with E-state index in [1.807, 2.05) is 0 Å². The van der Waals surface area contributed by atoms with E-state index in [2.05, 4.69) is 15.0 Å². The predicted molar refractivity (Wildman–Crippen MR) is 80.2 cm³/mol. The van der Waals surface area contributed by atoms with Crippen molar-refractivity contribution in [1.29, 1.82) is 0 Å². The molecule has 2 aromatic rings. The lowest BCUT2D eigenvalue weighted by molar-refractivity contribution is -0.153. The summed E-state index contributed by atoms with van der Waals surface area (Å²) in [7, 11) is 0. The normalized spacial score (nSPS) is 12.0. The molecule has 0 fully saturated rings. The van der Waals surface area contributed by atoms with E-state index in [0.717, 1.165) is 18.2 Å². The summed E-state index contributed by atoms with van der Waals surface area (Å²) in [6.07, 6.45) is -8.57. The van der Waals surface area contributed by atoms with Crippen LogP contribution in [0.5, 0.6) is 5.75 Å². The number of hydrogen-bond donors (Lipinski definition) is 1. The minimum absolute atomic E-state index is 0.102. The Labute approximate surface area is 147 Å². The topological polar surface area (TPSA) is 51.2 Å². The van der Waals surface area contributed by atoms with Gasteiger partial charge in [0.2, 0.25) is 0 Å². The Bertz CT molecular complexity index is 790. The van der Waals surface area contributed by atoms with Crippen LogP contribution in [0.2, 0.25) is 5.02 Å². The summed E-state index contributed by atoms with van der Waals surface area (Å²) in [5, 5.41) is 2.33. The molecular weight excluding hydrogens is 390 g/mol. The average Bonchev–Trinajstić information content (AvgIpc) is 2.52. The van der Waals surface area contributed by atoms with Crippen molar-refractivity contribution >= 4 is 23.2 Å². The molecule has 1 heterocycles. The Hall–Kier alpha value is -2.49. The summed E-state index contributed by atoms with van der Waals surface area (Å²) < 4.78 is 78.8. The summed E-state index contributed by atoms with van der Waals surface area (Å²) >= 11 is 5.74. The number of amides is 1. The van der Waals surface area contributed by atoms with Crippen molar-refractivity contribution in [2.45, 2.75) is 12.4 Å². The molecule has 4 nitrogen and oxygen atoms in total. The molecule has 0 atom stereocenters. The number of alkyl halides is 6. The van der Waals surface area contributed by atoms with Crippen molar-refractivity contribution in [3.8, 4) is 5.75 Å². The highest BCUT2D eigenvalue weighted by Crippen LogP contribution is 2.31. The largest absolute Gasteiger partial charge is 0.482 e. The molecular formula is C15H9ClF6N2O2. The Kier molecular flexibility index (Phi) is 5.65. The van der Waals surface area contributed by atoms with Crippen LogP contribution in [0.3, 0.4) is 0 Å². The van der Waals surface area contributed by atoms with Crippen LogP contribution in [-0.4, -0.2) is 23.7 Å². The molecule has 0 aliphatic heterocycles. The Balaban J connectivity index is 2.19. The van der Waals surface area contributed by atoms with Crippen molar-refractivity contribution in [2.75, 3.05) is 11.9 Å². The second kappa shape index (κ2) is 7.40. The molecule has 0 saturated heterocycles. The maximum absolute atomic E-state index is 12.5. The minimum Gasteiger partial charge on any atom is -0.482 e. The Morgan fingerprint density at radius 2 is 1.81 bits per heavy atom. The monoisotopic (exact) mass is 398 g/mol. The maximum atomic E-state index is 12.5. The van der Waals surface area contributed by atoms with Gasteiger partial charge in [-0.3, -0.25) is 9.78 Å². The highest BCUT2D eigenvalue weighted by molar-refractivity contribution is 6.31. The third-order valence-corrected chi connectivity index (χ3v) is 3.13. The lowest BCUT2D eigenvalue weighted by Crippen LogP contribution is -2.20.